The predicted octanol–water partition coefficient (Wildman–Crippen LogP) is 7.63. The molecule has 2 aliphatic heterocycles. The highest BCUT2D eigenvalue weighted by molar-refractivity contribution is 6.31. The second-order valence-corrected chi connectivity index (χ2v) is 12.8. The molecule has 1 fully saturated rings. The Bertz CT molecular complexity index is 1910. The molecule has 1 saturated carbocycles. The maximum Gasteiger partial charge on any atom is 0.451 e. The van der Waals surface area contributed by atoms with Crippen molar-refractivity contribution in [3.63, 3.8) is 0 Å². The number of halogens is 4. The van der Waals surface area contributed by atoms with Crippen LogP contribution in [0.4, 0.5) is 13.2 Å². The molecule has 2 aromatic heterocycles. The SMILES string of the molecule is Cc1ccc([C@]2(C)Oc3cccc(C4=CCN(Cc5ncc(-c6n[nH]c(C(F)(F)F)n6)cc5CC5(C#N)CC5)CC4)c3O2)c(Cl)c1. The van der Waals surface area contributed by atoms with Crippen LogP contribution in [0.15, 0.2) is 54.7 Å². The van der Waals surface area contributed by atoms with E-state index >= 15 is 0 Å². The molecule has 2 aromatic carbocycles. The molecule has 0 radical (unpaired) electrons. The van der Waals surface area contributed by atoms with Crippen molar-refractivity contribution >= 4 is 17.2 Å². The third kappa shape index (κ3) is 5.72. The van der Waals surface area contributed by atoms with Crippen LogP contribution in [0.2, 0.25) is 5.02 Å². The maximum absolute atomic E-state index is 13.1. The number of aryl methyl sites for hydroxylation is 1. The van der Waals surface area contributed by atoms with Crippen molar-refractivity contribution in [1.82, 2.24) is 25.1 Å². The molecule has 46 heavy (non-hydrogen) atoms. The summed E-state index contributed by atoms with van der Waals surface area (Å²) in [7, 11) is 0. The summed E-state index contributed by atoms with van der Waals surface area (Å²) in [6.45, 7) is 5.79. The number of benzene rings is 2. The molecule has 0 bridgehead atoms. The predicted molar refractivity (Wildman–Crippen MR) is 165 cm³/mol. The third-order valence-corrected chi connectivity index (χ3v) is 9.21. The third-order valence-electron chi connectivity index (χ3n) is 8.90. The molecule has 1 aliphatic carbocycles. The summed E-state index contributed by atoms with van der Waals surface area (Å²) in [4.78, 5) is 10.5. The summed E-state index contributed by atoms with van der Waals surface area (Å²) in [5, 5.41) is 16.1. The second kappa shape index (κ2) is 11.1. The van der Waals surface area contributed by atoms with Crippen molar-refractivity contribution < 1.29 is 22.6 Å². The van der Waals surface area contributed by atoms with Crippen molar-refractivity contribution in [2.75, 3.05) is 13.1 Å². The van der Waals surface area contributed by atoms with E-state index in [0.717, 1.165) is 59.3 Å². The van der Waals surface area contributed by atoms with Gasteiger partial charge in [-0.3, -0.25) is 15.0 Å². The van der Waals surface area contributed by atoms with Crippen LogP contribution in [0.1, 0.15) is 60.0 Å². The zero-order valence-electron chi connectivity index (χ0n) is 25.2. The lowest BCUT2D eigenvalue weighted by molar-refractivity contribution is -0.144. The fourth-order valence-corrected chi connectivity index (χ4v) is 6.51. The van der Waals surface area contributed by atoms with Gasteiger partial charge < -0.3 is 9.47 Å². The molecule has 1 N–H and O–H groups in total. The monoisotopic (exact) mass is 646 g/mol. The Labute approximate surface area is 268 Å². The summed E-state index contributed by atoms with van der Waals surface area (Å²) in [6, 6.07) is 15.9. The van der Waals surface area contributed by atoms with Crippen LogP contribution < -0.4 is 9.47 Å². The van der Waals surface area contributed by atoms with E-state index in [-0.39, 0.29) is 5.82 Å². The van der Waals surface area contributed by atoms with Gasteiger partial charge in [-0.25, -0.2) is 4.98 Å². The Kier molecular flexibility index (Phi) is 7.33. The Hall–Kier alpha value is -4.40. The number of fused-ring (bicyclic) bond motifs is 1. The number of ether oxygens (including phenoxy) is 2. The van der Waals surface area contributed by atoms with Gasteiger partial charge in [-0.05, 0) is 73.6 Å². The highest BCUT2D eigenvalue weighted by Crippen LogP contribution is 2.50. The topological polar surface area (TPSA) is 100.0 Å². The first-order valence-corrected chi connectivity index (χ1v) is 15.4. The van der Waals surface area contributed by atoms with Crippen molar-refractivity contribution in [1.29, 1.82) is 5.26 Å². The zero-order chi connectivity index (χ0) is 32.3. The number of aromatic amines is 1. The van der Waals surface area contributed by atoms with E-state index in [2.05, 4.69) is 32.1 Å². The number of nitrogens with one attached hydrogen (secondary N) is 1. The molecular weight excluding hydrogens is 617 g/mol. The molecule has 7 rings (SSSR count). The second-order valence-electron chi connectivity index (χ2n) is 12.4. The normalized spacial score (nSPS) is 20.3. The molecule has 0 unspecified atom stereocenters. The standard InChI is InChI=1S/C34H30ClF3N6O2/c1-20-6-7-25(26(35)14-20)32(2)45-28-5-3-4-24(29(28)46-32)21-8-12-44(13-9-21)18-27-22(16-33(19-39)10-11-33)15-23(17-40-27)30-41-31(43-42-30)34(36,37)38/h3-8,14-15,17H,9-13,16,18H2,1-2H3,(H,41,42,43)/t32-/m1/s1. The van der Waals surface area contributed by atoms with E-state index in [1.807, 2.05) is 55.3 Å². The smallest absolute Gasteiger partial charge is 0.444 e. The fourth-order valence-electron chi connectivity index (χ4n) is 6.11. The van der Waals surface area contributed by atoms with Crippen LogP contribution in [-0.4, -0.2) is 38.2 Å². The summed E-state index contributed by atoms with van der Waals surface area (Å²) in [5.41, 5.74) is 5.45. The largest absolute Gasteiger partial charge is 0.451 e. The lowest BCUT2D eigenvalue weighted by Crippen LogP contribution is -2.32. The number of para-hydroxylation sites is 1. The average Bonchev–Trinajstić information content (AvgIpc) is 3.42. The van der Waals surface area contributed by atoms with Crippen molar-refractivity contribution in [3.8, 4) is 29.0 Å². The van der Waals surface area contributed by atoms with Gasteiger partial charge in [-0.15, -0.1) is 0 Å². The van der Waals surface area contributed by atoms with Gasteiger partial charge in [0.1, 0.15) is 0 Å². The van der Waals surface area contributed by atoms with E-state index in [1.165, 1.54) is 6.20 Å². The number of rotatable bonds is 7. The van der Waals surface area contributed by atoms with Gasteiger partial charge in [0.2, 0.25) is 5.82 Å². The van der Waals surface area contributed by atoms with Crippen LogP contribution in [0.25, 0.3) is 17.0 Å². The summed E-state index contributed by atoms with van der Waals surface area (Å²) < 4.78 is 52.1. The molecule has 8 nitrogen and oxygen atoms in total. The molecule has 236 valence electrons. The molecule has 0 amide bonds. The van der Waals surface area contributed by atoms with Gasteiger partial charge in [0, 0.05) is 43.9 Å². The zero-order valence-corrected chi connectivity index (χ0v) is 26.0. The van der Waals surface area contributed by atoms with Crippen LogP contribution in [0, 0.1) is 23.7 Å². The first-order chi connectivity index (χ1) is 22.0. The quantitative estimate of drug-likeness (QED) is 0.220. The number of aromatic nitrogens is 4. The number of hydrogen-bond donors (Lipinski definition) is 1. The van der Waals surface area contributed by atoms with E-state index in [0.29, 0.717) is 41.6 Å². The molecule has 0 spiro atoms. The minimum absolute atomic E-state index is 0.0812. The molecule has 4 heterocycles. The fraction of sp³-hybridized carbons (Fsp3) is 0.353. The Morgan fingerprint density at radius 2 is 1.98 bits per heavy atom. The molecule has 4 aromatic rings. The van der Waals surface area contributed by atoms with E-state index in [4.69, 9.17) is 21.1 Å². The lowest BCUT2D eigenvalue weighted by atomic mass is 9.94. The number of alkyl halides is 3. The summed E-state index contributed by atoms with van der Waals surface area (Å²) >= 11 is 6.58. The van der Waals surface area contributed by atoms with Gasteiger partial charge in [-0.1, -0.05) is 35.9 Å². The van der Waals surface area contributed by atoms with Gasteiger partial charge in [0.15, 0.2) is 17.3 Å². The Morgan fingerprint density at radius 3 is 2.65 bits per heavy atom. The van der Waals surface area contributed by atoms with E-state index in [1.54, 1.807) is 6.07 Å². The number of hydrogen-bond acceptors (Lipinski definition) is 7. The minimum Gasteiger partial charge on any atom is -0.444 e. The van der Waals surface area contributed by atoms with E-state index in [9.17, 15) is 18.4 Å². The maximum atomic E-state index is 13.1. The Morgan fingerprint density at radius 1 is 1.15 bits per heavy atom. The van der Waals surface area contributed by atoms with Crippen molar-refractivity contribution in [3.05, 3.63) is 93.5 Å². The van der Waals surface area contributed by atoms with Crippen molar-refractivity contribution in [2.45, 2.75) is 58.0 Å². The summed E-state index contributed by atoms with van der Waals surface area (Å²) in [5.74, 6) is -0.950. The number of nitrogens with zero attached hydrogens (tertiary/aromatic N) is 5. The molecular formula is C34H30ClF3N6O2. The first kappa shape index (κ1) is 30.3. The first-order valence-electron chi connectivity index (χ1n) is 15.0. The van der Waals surface area contributed by atoms with Gasteiger partial charge in [0.25, 0.3) is 5.79 Å². The van der Waals surface area contributed by atoms with E-state index < -0.39 is 23.2 Å². The average molecular weight is 647 g/mol. The summed E-state index contributed by atoms with van der Waals surface area (Å²) in [6.07, 6.45) is 1.84. The molecule has 12 heteroatoms. The van der Waals surface area contributed by atoms with Gasteiger partial charge in [-0.2, -0.15) is 23.5 Å². The van der Waals surface area contributed by atoms with Crippen LogP contribution in [0.5, 0.6) is 11.5 Å². The van der Waals surface area contributed by atoms with Crippen LogP contribution in [0.3, 0.4) is 0 Å². The Balaban J connectivity index is 1.10. The highest BCUT2D eigenvalue weighted by Gasteiger charge is 2.44. The van der Waals surface area contributed by atoms with Crippen LogP contribution in [-0.2, 0) is 24.9 Å². The number of pyridine rings is 1. The number of H-pyrrole nitrogens is 1. The van der Waals surface area contributed by atoms with Crippen molar-refractivity contribution in [2.24, 2.45) is 5.41 Å². The molecule has 0 saturated heterocycles. The number of nitriles is 1. The highest BCUT2D eigenvalue weighted by atomic mass is 35.5. The minimum atomic E-state index is -4.63. The van der Waals surface area contributed by atoms with Gasteiger partial charge in [0.05, 0.1) is 27.8 Å². The van der Waals surface area contributed by atoms with Crippen LogP contribution >= 0.6 is 11.6 Å². The molecule has 1 atom stereocenters. The molecule has 3 aliphatic rings. The lowest BCUT2D eigenvalue weighted by Gasteiger charge is -2.28. The van der Waals surface area contributed by atoms with Gasteiger partial charge >= 0.3 is 6.18 Å².